The fraction of sp³-hybridized carbons (Fsp3) is 0.355. The van der Waals surface area contributed by atoms with Gasteiger partial charge in [-0.25, -0.2) is 8.78 Å². The molecule has 0 spiro atoms. The Morgan fingerprint density at radius 2 is 1.84 bits per heavy atom. The van der Waals surface area contributed by atoms with Crippen LogP contribution in [0.3, 0.4) is 0 Å². The van der Waals surface area contributed by atoms with Crippen LogP contribution in [0.15, 0.2) is 48.7 Å². The molecule has 4 aromatic rings. The first-order valence-corrected chi connectivity index (χ1v) is 14.8. The lowest BCUT2D eigenvalue weighted by atomic mass is 9.97. The molecule has 1 saturated heterocycles. The molecule has 0 unspecified atom stereocenters. The molecule has 2 aliphatic heterocycles. The largest absolute Gasteiger partial charge is 0.366 e. The van der Waals surface area contributed by atoms with Crippen LogP contribution in [0.5, 0.6) is 0 Å². The number of nitrogens with one attached hydrogen (secondary N) is 3. The number of alkyl halides is 2. The number of benzene rings is 1. The first kappa shape index (κ1) is 28.8. The molecular weight excluding hydrogens is 582 g/mol. The summed E-state index contributed by atoms with van der Waals surface area (Å²) in [6.45, 7) is 2.59. The molecule has 3 aliphatic rings. The van der Waals surface area contributed by atoms with E-state index in [4.69, 9.17) is 5.10 Å². The van der Waals surface area contributed by atoms with E-state index in [0.29, 0.717) is 24.5 Å². The molecule has 0 atom stereocenters. The van der Waals surface area contributed by atoms with E-state index in [-0.39, 0.29) is 35.1 Å². The van der Waals surface area contributed by atoms with E-state index in [2.05, 4.69) is 45.6 Å². The molecule has 1 saturated carbocycles. The highest BCUT2D eigenvalue weighted by molar-refractivity contribution is 6.01. The number of carbonyl (C=O) groups is 2. The summed E-state index contributed by atoms with van der Waals surface area (Å²) in [7, 11) is 3.53. The summed E-state index contributed by atoms with van der Waals surface area (Å²) in [5, 5.41) is 21.7. The van der Waals surface area contributed by atoms with Crippen LogP contribution in [0, 0.1) is 5.92 Å². The molecular formula is C31H32F2N10O2. The van der Waals surface area contributed by atoms with Crippen LogP contribution in [0.4, 0.5) is 31.7 Å². The predicted octanol–water partition coefficient (Wildman–Crippen LogP) is 4.13. The molecule has 7 rings (SSSR count). The van der Waals surface area contributed by atoms with Crippen LogP contribution < -0.4 is 20.9 Å². The summed E-state index contributed by atoms with van der Waals surface area (Å²) in [6, 6.07) is 12.5. The van der Waals surface area contributed by atoms with Crippen LogP contribution in [0.1, 0.15) is 52.9 Å². The molecule has 232 valence electrons. The van der Waals surface area contributed by atoms with Crippen LogP contribution in [0.2, 0.25) is 0 Å². The van der Waals surface area contributed by atoms with Crippen molar-refractivity contribution in [2.75, 3.05) is 42.7 Å². The van der Waals surface area contributed by atoms with Gasteiger partial charge in [0.25, 0.3) is 12.3 Å². The van der Waals surface area contributed by atoms with E-state index in [1.54, 1.807) is 18.2 Å². The number of hydrogen-bond donors (Lipinski definition) is 3. The van der Waals surface area contributed by atoms with E-state index < -0.39 is 12.3 Å². The highest BCUT2D eigenvalue weighted by Crippen LogP contribution is 2.45. The summed E-state index contributed by atoms with van der Waals surface area (Å²) in [5.74, 6) is -0.233. The Morgan fingerprint density at radius 1 is 1.04 bits per heavy atom. The third kappa shape index (κ3) is 5.57. The van der Waals surface area contributed by atoms with Crippen molar-refractivity contribution in [1.29, 1.82) is 0 Å². The molecule has 14 heteroatoms. The third-order valence-corrected chi connectivity index (χ3v) is 8.42. The number of anilines is 4. The summed E-state index contributed by atoms with van der Waals surface area (Å²) < 4.78 is 28.2. The second-order valence-electron chi connectivity index (χ2n) is 11.7. The maximum Gasteiger partial charge on any atom is 0.280 e. The van der Waals surface area contributed by atoms with E-state index in [1.165, 1.54) is 13.1 Å². The first-order valence-electron chi connectivity index (χ1n) is 14.8. The second-order valence-corrected chi connectivity index (χ2v) is 11.7. The van der Waals surface area contributed by atoms with Gasteiger partial charge in [-0.15, -0.1) is 10.2 Å². The lowest BCUT2D eigenvalue weighted by Crippen LogP contribution is -2.48. The van der Waals surface area contributed by atoms with Gasteiger partial charge in [0, 0.05) is 56.8 Å². The normalized spacial score (nSPS) is 16.2. The molecule has 3 N–H and O–H groups in total. The summed E-state index contributed by atoms with van der Waals surface area (Å²) >= 11 is 0. The van der Waals surface area contributed by atoms with Crippen LogP contribution >= 0.6 is 0 Å². The van der Waals surface area contributed by atoms with Gasteiger partial charge in [-0.1, -0.05) is 18.2 Å². The fourth-order valence-corrected chi connectivity index (χ4v) is 5.98. The SMILES string of the molecule is CNC(=O)c1nnc(NC(=O)C2CC2)cc1Nc1cccc2c1N(C)Cc1c-2cnn1C1CN(Cc2cccc(C(F)F)n2)C1. The molecule has 2 fully saturated rings. The number of pyridine rings is 1. The molecule has 45 heavy (non-hydrogen) atoms. The number of hydrogen-bond acceptors (Lipinski definition) is 9. The van der Waals surface area contributed by atoms with Gasteiger partial charge in [0.1, 0.15) is 5.69 Å². The molecule has 1 aromatic carbocycles. The Morgan fingerprint density at radius 3 is 2.60 bits per heavy atom. The number of para-hydroxylation sites is 1. The zero-order valence-corrected chi connectivity index (χ0v) is 24.8. The van der Waals surface area contributed by atoms with Gasteiger partial charge in [0.2, 0.25) is 5.91 Å². The number of likely N-dealkylation sites (tertiary alicyclic amines) is 1. The van der Waals surface area contributed by atoms with E-state index in [1.807, 2.05) is 31.4 Å². The first-order chi connectivity index (χ1) is 21.8. The van der Waals surface area contributed by atoms with Gasteiger partial charge in [-0.3, -0.25) is 24.2 Å². The minimum Gasteiger partial charge on any atom is -0.366 e. The molecule has 0 bridgehead atoms. The number of rotatable bonds is 9. The number of nitrogens with zero attached hydrogens (tertiary/aromatic N) is 7. The van der Waals surface area contributed by atoms with Crippen molar-refractivity contribution in [2.24, 2.45) is 5.92 Å². The zero-order chi connectivity index (χ0) is 31.2. The van der Waals surface area contributed by atoms with Crippen LogP contribution in [-0.4, -0.2) is 68.9 Å². The number of carbonyl (C=O) groups excluding carboxylic acids is 2. The quantitative estimate of drug-likeness (QED) is 0.255. The number of halogens is 2. The Hall–Kier alpha value is -4.98. The monoisotopic (exact) mass is 614 g/mol. The van der Waals surface area contributed by atoms with E-state index >= 15 is 0 Å². The van der Waals surface area contributed by atoms with Gasteiger partial charge in [0.15, 0.2) is 11.5 Å². The average molecular weight is 615 g/mol. The van der Waals surface area contributed by atoms with Crippen molar-refractivity contribution >= 4 is 34.7 Å². The van der Waals surface area contributed by atoms with Crippen molar-refractivity contribution < 1.29 is 18.4 Å². The molecule has 5 heterocycles. The molecule has 3 aromatic heterocycles. The van der Waals surface area contributed by atoms with Gasteiger partial charge in [0.05, 0.1) is 47.2 Å². The van der Waals surface area contributed by atoms with E-state index in [0.717, 1.165) is 54.1 Å². The Bertz CT molecular complexity index is 1780. The minimum absolute atomic E-state index is 0.00300. The van der Waals surface area contributed by atoms with E-state index in [9.17, 15) is 18.4 Å². The lowest BCUT2D eigenvalue weighted by Gasteiger charge is -2.40. The van der Waals surface area contributed by atoms with Gasteiger partial charge < -0.3 is 20.9 Å². The predicted molar refractivity (Wildman–Crippen MR) is 163 cm³/mol. The van der Waals surface area contributed by atoms with Crippen molar-refractivity contribution in [3.63, 3.8) is 0 Å². The highest BCUT2D eigenvalue weighted by Gasteiger charge is 2.34. The molecule has 0 radical (unpaired) electrons. The maximum absolute atomic E-state index is 13.1. The number of aromatic nitrogens is 5. The van der Waals surface area contributed by atoms with Gasteiger partial charge in [-0.2, -0.15) is 5.10 Å². The highest BCUT2D eigenvalue weighted by atomic mass is 19.3. The second kappa shape index (κ2) is 11.5. The van der Waals surface area contributed by atoms with Crippen molar-refractivity contribution in [3.05, 3.63) is 71.4 Å². The Kier molecular flexibility index (Phi) is 7.36. The van der Waals surface area contributed by atoms with Crippen molar-refractivity contribution in [2.45, 2.75) is 38.4 Å². The Labute approximate surface area is 257 Å². The third-order valence-electron chi connectivity index (χ3n) is 8.42. The standard InChI is InChI=1S/C31H32F2N10O2/c1-34-31(45)27-24(11-26(39-40-27)38-30(44)17-9-10-17)37-22-7-4-6-20-21-12-35-43(25(21)16-41(2)28(20)22)19-14-42(15-19)13-18-5-3-8-23(36-18)29(32)33/h3-8,11-12,17,19,29H,9-10,13-16H2,1-2H3,(H,34,45)(H2,37,38,39,44). The number of amides is 2. The summed E-state index contributed by atoms with van der Waals surface area (Å²) in [6.07, 6.45) is 1.01. The molecule has 2 amide bonds. The maximum atomic E-state index is 13.1. The smallest absolute Gasteiger partial charge is 0.280 e. The van der Waals surface area contributed by atoms with Crippen LogP contribution in [-0.2, 0) is 17.9 Å². The fourth-order valence-electron chi connectivity index (χ4n) is 5.98. The average Bonchev–Trinajstić information content (AvgIpc) is 3.79. The number of fused-ring (bicyclic) bond motifs is 3. The summed E-state index contributed by atoms with van der Waals surface area (Å²) in [4.78, 5) is 33.4. The molecule has 12 nitrogen and oxygen atoms in total. The van der Waals surface area contributed by atoms with Gasteiger partial charge in [-0.05, 0) is 31.0 Å². The van der Waals surface area contributed by atoms with Crippen molar-refractivity contribution in [1.82, 2.24) is 35.2 Å². The Balaban J connectivity index is 1.12. The minimum atomic E-state index is -2.59. The van der Waals surface area contributed by atoms with Gasteiger partial charge >= 0.3 is 0 Å². The summed E-state index contributed by atoms with van der Waals surface area (Å²) in [5.41, 5.74) is 5.76. The van der Waals surface area contributed by atoms with Crippen molar-refractivity contribution in [3.8, 4) is 11.1 Å². The zero-order valence-electron chi connectivity index (χ0n) is 24.8. The van der Waals surface area contributed by atoms with Crippen LogP contribution in [0.25, 0.3) is 11.1 Å². The topological polar surface area (TPSA) is 133 Å². The lowest BCUT2D eigenvalue weighted by molar-refractivity contribution is -0.117. The molecule has 1 aliphatic carbocycles.